The number of carboxylic acid groups (broad SMARTS) is 1. The summed E-state index contributed by atoms with van der Waals surface area (Å²) in [6.45, 7) is 1.57. The number of rotatable bonds is 8. The Morgan fingerprint density at radius 3 is 2.24 bits per heavy atom. The van der Waals surface area contributed by atoms with Gasteiger partial charge in [-0.05, 0) is 29.2 Å². The van der Waals surface area contributed by atoms with E-state index in [1.807, 2.05) is 48.5 Å². The Bertz CT molecular complexity index is 1240. The van der Waals surface area contributed by atoms with Crippen LogP contribution in [0.4, 0.5) is 4.79 Å². The van der Waals surface area contributed by atoms with Gasteiger partial charge in [0.05, 0.1) is 12.5 Å². The number of carbonyl (C=O) groups is 3. The lowest BCUT2D eigenvalue weighted by atomic mass is 9.98. The third-order valence-electron chi connectivity index (χ3n) is 5.62. The lowest BCUT2D eigenvalue weighted by Gasteiger charge is -2.20. The average molecular weight is 465 g/mol. The molecule has 0 saturated heterocycles. The second kappa shape index (κ2) is 9.61. The van der Waals surface area contributed by atoms with Crippen molar-refractivity contribution < 1.29 is 24.2 Å². The summed E-state index contributed by atoms with van der Waals surface area (Å²) >= 11 is 0. The minimum atomic E-state index is -1.39. The smallest absolute Gasteiger partial charge is 0.407 e. The summed E-state index contributed by atoms with van der Waals surface area (Å²) in [4.78, 5) is 50.0. The Hall–Kier alpha value is -4.41. The van der Waals surface area contributed by atoms with E-state index >= 15 is 0 Å². The van der Waals surface area contributed by atoms with Gasteiger partial charge in [0.2, 0.25) is 5.91 Å². The predicted molar refractivity (Wildman–Crippen MR) is 120 cm³/mol. The lowest BCUT2D eigenvalue weighted by molar-refractivity contribution is -0.140. The predicted octanol–water partition coefficient (Wildman–Crippen LogP) is 1.66. The molecular formula is C23H23N5O6. The first-order valence-electron chi connectivity index (χ1n) is 10.6. The van der Waals surface area contributed by atoms with Crippen molar-refractivity contribution in [3.05, 3.63) is 76.0 Å². The molecule has 0 radical (unpaired) electrons. The molecular weight excluding hydrogens is 442 g/mol. The summed E-state index contributed by atoms with van der Waals surface area (Å²) in [5.74, 6) is -2.05. The molecule has 1 aliphatic carbocycles. The van der Waals surface area contributed by atoms with E-state index < -0.39 is 42.2 Å². The quantitative estimate of drug-likeness (QED) is 0.337. The Morgan fingerprint density at radius 2 is 1.68 bits per heavy atom. The number of aromatic nitrogens is 3. The maximum atomic E-state index is 12.6. The van der Waals surface area contributed by atoms with E-state index in [2.05, 4.69) is 25.8 Å². The molecule has 3 aromatic rings. The first-order chi connectivity index (χ1) is 16.3. The van der Waals surface area contributed by atoms with Crippen molar-refractivity contribution >= 4 is 18.0 Å². The normalized spacial score (nSPS) is 13.9. The number of benzene rings is 2. The number of amides is 2. The molecule has 0 bridgehead atoms. The number of carboxylic acids is 1. The van der Waals surface area contributed by atoms with Crippen LogP contribution in [0.3, 0.4) is 0 Å². The van der Waals surface area contributed by atoms with Crippen molar-refractivity contribution in [3.63, 3.8) is 0 Å². The highest BCUT2D eigenvalue weighted by atomic mass is 16.5. The molecule has 11 nitrogen and oxygen atoms in total. The third-order valence-corrected chi connectivity index (χ3v) is 5.62. The fraction of sp³-hybridized carbons (Fsp3) is 0.261. The zero-order chi connectivity index (χ0) is 24.2. The van der Waals surface area contributed by atoms with Crippen LogP contribution in [-0.2, 0) is 14.3 Å². The van der Waals surface area contributed by atoms with E-state index in [9.17, 15) is 24.3 Å². The lowest BCUT2D eigenvalue weighted by Crippen LogP contribution is -2.48. The summed E-state index contributed by atoms with van der Waals surface area (Å²) in [6, 6.07) is 13.6. The number of H-pyrrole nitrogens is 2. The Labute approximate surface area is 193 Å². The number of carbonyl (C=O) groups excluding carboxylic acids is 2. The molecule has 0 spiro atoms. The number of hydrogen-bond acceptors (Lipinski definition) is 6. The van der Waals surface area contributed by atoms with Gasteiger partial charge >= 0.3 is 17.8 Å². The zero-order valence-corrected chi connectivity index (χ0v) is 18.2. The first-order valence-corrected chi connectivity index (χ1v) is 10.6. The molecule has 34 heavy (non-hydrogen) atoms. The summed E-state index contributed by atoms with van der Waals surface area (Å²) < 4.78 is 5.41. The first kappa shape index (κ1) is 22.8. The fourth-order valence-electron chi connectivity index (χ4n) is 4.04. The molecule has 11 heteroatoms. The van der Waals surface area contributed by atoms with Crippen molar-refractivity contribution in [2.24, 2.45) is 0 Å². The van der Waals surface area contributed by atoms with Gasteiger partial charge in [-0.25, -0.2) is 14.7 Å². The average Bonchev–Trinajstić information content (AvgIpc) is 3.38. The highest BCUT2D eigenvalue weighted by Gasteiger charge is 2.30. The van der Waals surface area contributed by atoms with Gasteiger partial charge in [-0.2, -0.15) is 5.10 Å². The second-order valence-electron chi connectivity index (χ2n) is 7.91. The maximum Gasteiger partial charge on any atom is 0.407 e. The Balaban J connectivity index is 1.41. The SMILES string of the molecule is CC(NC(=O)C(CC(=O)O)NC(=O)OCC1c2ccccc2-c2ccccc21)c1n[nH]c(=O)[nH]1. The fourth-order valence-corrected chi connectivity index (χ4v) is 4.04. The molecule has 1 aliphatic rings. The Morgan fingerprint density at radius 1 is 1.06 bits per heavy atom. The van der Waals surface area contributed by atoms with Gasteiger partial charge in [-0.15, -0.1) is 0 Å². The van der Waals surface area contributed by atoms with Crippen LogP contribution in [0, 0.1) is 0 Å². The summed E-state index contributed by atoms with van der Waals surface area (Å²) in [5.41, 5.74) is 3.65. The van der Waals surface area contributed by atoms with E-state index in [4.69, 9.17) is 4.74 Å². The zero-order valence-electron chi connectivity index (χ0n) is 18.2. The second-order valence-corrected chi connectivity index (χ2v) is 7.91. The molecule has 0 fully saturated rings. The van der Waals surface area contributed by atoms with Crippen molar-refractivity contribution in [1.82, 2.24) is 25.8 Å². The largest absolute Gasteiger partial charge is 0.481 e. The van der Waals surface area contributed by atoms with Crippen molar-refractivity contribution in [2.45, 2.75) is 31.3 Å². The van der Waals surface area contributed by atoms with E-state index in [-0.39, 0.29) is 18.3 Å². The van der Waals surface area contributed by atoms with Crippen molar-refractivity contribution in [3.8, 4) is 11.1 Å². The van der Waals surface area contributed by atoms with Crippen LogP contribution in [-0.4, -0.2) is 50.9 Å². The van der Waals surface area contributed by atoms with Gasteiger partial charge in [-0.1, -0.05) is 48.5 Å². The van der Waals surface area contributed by atoms with Crippen molar-refractivity contribution in [2.75, 3.05) is 6.61 Å². The van der Waals surface area contributed by atoms with Gasteiger partial charge < -0.3 is 20.5 Å². The molecule has 2 atom stereocenters. The van der Waals surface area contributed by atoms with E-state index in [1.165, 1.54) is 0 Å². The summed E-state index contributed by atoms with van der Waals surface area (Å²) in [5, 5.41) is 19.9. The van der Waals surface area contributed by atoms with E-state index in [1.54, 1.807) is 6.92 Å². The monoisotopic (exact) mass is 465 g/mol. The molecule has 0 aliphatic heterocycles. The number of nitrogens with zero attached hydrogens (tertiary/aromatic N) is 1. The molecule has 1 heterocycles. The number of ether oxygens (including phenoxy) is 1. The van der Waals surface area contributed by atoms with Gasteiger partial charge in [0.1, 0.15) is 12.6 Å². The topological polar surface area (TPSA) is 166 Å². The minimum absolute atomic E-state index is 0.0200. The highest BCUT2D eigenvalue weighted by Crippen LogP contribution is 2.44. The standard InChI is InChI=1S/C23H23N5O6/c1-12(20-26-22(32)28-27-20)24-21(31)18(10-19(29)30)25-23(33)34-11-17-15-8-4-2-6-13(15)14-7-3-5-9-16(14)17/h2-9,12,17-18H,10-11H2,1H3,(H,24,31)(H,25,33)(H,29,30)(H2,26,27,28,32). The molecule has 1 aromatic heterocycles. The van der Waals surface area contributed by atoms with Crippen LogP contribution in [0.5, 0.6) is 0 Å². The van der Waals surface area contributed by atoms with Crippen LogP contribution in [0.2, 0.25) is 0 Å². The number of hydrogen-bond donors (Lipinski definition) is 5. The van der Waals surface area contributed by atoms with Crippen LogP contribution in [0.1, 0.15) is 42.3 Å². The van der Waals surface area contributed by atoms with Gasteiger partial charge in [0.25, 0.3) is 0 Å². The Kier molecular flexibility index (Phi) is 6.44. The van der Waals surface area contributed by atoms with Crippen LogP contribution in [0.25, 0.3) is 11.1 Å². The number of aliphatic carboxylic acids is 1. The number of fused-ring (bicyclic) bond motifs is 3. The number of alkyl carbamates (subject to hydrolysis) is 1. The van der Waals surface area contributed by atoms with E-state index in [0.29, 0.717) is 0 Å². The van der Waals surface area contributed by atoms with Crippen molar-refractivity contribution in [1.29, 1.82) is 0 Å². The van der Waals surface area contributed by atoms with E-state index in [0.717, 1.165) is 22.3 Å². The third kappa shape index (κ3) is 4.82. The van der Waals surface area contributed by atoms with Gasteiger partial charge in [-0.3, -0.25) is 14.6 Å². The molecule has 2 aromatic carbocycles. The molecule has 176 valence electrons. The van der Waals surface area contributed by atoms with Gasteiger partial charge in [0.15, 0.2) is 5.82 Å². The van der Waals surface area contributed by atoms with Crippen LogP contribution in [0.15, 0.2) is 53.3 Å². The molecule has 4 rings (SSSR count). The maximum absolute atomic E-state index is 12.6. The highest BCUT2D eigenvalue weighted by molar-refractivity contribution is 5.89. The molecule has 2 amide bonds. The minimum Gasteiger partial charge on any atom is -0.481 e. The van der Waals surface area contributed by atoms with Crippen LogP contribution < -0.4 is 16.3 Å². The van der Waals surface area contributed by atoms with Crippen LogP contribution >= 0.6 is 0 Å². The molecule has 0 saturated carbocycles. The van der Waals surface area contributed by atoms with Gasteiger partial charge in [0, 0.05) is 5.92 Å². The molecule has 5 N–H and O–H groups in total. The number of nitrogens with one attached hydrogen (secondary N) is 4. The number of aromatic amines is 2. The summed E-state index contributed by atoms with van der Waals surface area (Å²) in [6.07, 6.45) is -1.57. The molecule has 2 unspecified atom stereocenters. The summed E-state index contributed by atoms with van der Waals surface area (Å²) in [7, 11) is 0.